The molecule has 2 aromatic rings. The number of H-pyrrole nitrogens is 1. The molecular weight excluding hydrogens is 270 g/mol. The summed E-state index contributed by atoms with van der Waals surface area (Å²) in [6.07, 6.45) is 0. The fourth-order valence-electron chi connectivity index (χ4n) is 1.41. The number of rotatable bonds is 1. The third-order valence-corrected chi connectivity index (χ3v) is 3.06. The molecule has 1 aromatic heterocycles. The molecule has 0 unspecified atom stereocenters. The quantitative estimate of drug-likeness (QED) is 0.786. The molecule has 6 nitrogen and oxygen atoms in total. The molecule has 0 aliphatic heterocycles. The van der Waals surface area contributed by atoms with Gasteiger partial charge < -0.3 is 4.42 Å². The minimum absolute atomic E-state index is 0.134. The van der Waals surface area contributed by atoms with Crippen LogP contribution in [0.5, 0.6) is 0 Å². The van der Waals surface area contributed by atoms with Crippen LogP contribution in [-0.4, -0.2) is 18.0 Å². The molecule has 0 amide bonds. The average Bonchev–Trinajstić information content (AvgIpc) is 2.75. The summed E-state index contributed by atoms with van der Waals surface area (Å²) in [4.78, 5) is 13.0. The molecular formula is C12H19NO5S. The lowest BCUT2D eigenvalue weighted by Crippen LogP contribution is -2.00. The van der Waals surface area contributed by atoms with Gasteiger partial charge >= 0.3 is 5.76 Å². The lowest BCUT2D eigenvalue weighted by Gasteiger charge is -2.00. The lowest BCUT2D eigenvalue weighted by atomic mass is 10.2. The smallest absolute Gasteiger partial charge is 0.408 e. The Labute approximate surface area is 112 Å². The van der Waals surface area contributed by atoms with Crippen molar-refractivity contribution in [2.45, 2.75) is 39.5 Å². The molecule has 108 valence electrons. The molecule has 19 heavy (non-hydrogen) atoms. The monoisotopic (exact) mass is 289 g/mol. The van der Waals surface area contributed by atoms with Gasteiger partial charge in [0, 0.05) is 5.56 Å². The maximum Gasteiger partial charge on any atom is 0.417 e. The van der Waals surface area contributed by atoms with Gasteiger partial charge in [-0.25, -0.2) is 4.79 Å². The Morgan fingerprint density at radius 2 is 1.68 bits per heavy atom. The van der Waals surface area contributed by atoms with Crippen LogP contribution in [-0.2, 0) is 10.1 Å². The summed E-state index contributed by atoms with van der Waals surface area (Å²) in [5, 5.41) is 0. The molecule has 0 saturated carbocycles. The number of fused-ring (bicyclic) bond motifs is 1. The fourth-order valence-corrected chi connectivity index (χ4v) is 2.13. The summed E-state index contributed by atoms with van der Waals surface area (Å²) in [7, 11) is -4.29. The van der Waals surface area contributed by atoms with Crippen molar-refractivity contribution in [3.8, 4) is 0 Å². The highest BCUT2D eigenvalue weighted by molar-refractivity contribution is 7.85. The van der Waals surface area contributed by atoms with E-state index in [-0.39, 0.29) is 16.0 Å². The topological polar surface area (TPSA) is 100 Å². The van der Waals surface area contributed by atoms with Crippen LogP contribution in [0.4, 0.5) is 0 Å². The lowest BCUT2D eigenvalue weighted by molar-refractivity contribution is 0.482. The van der Waals surface area contributed by atoms with Crippen molar-refractivity contribution in [3.05, 3.63) is 28.2 Å². The van der Waals surface area contributed by atoms with Crippen LogP contribution in [0, 0.1) is 6.92 Å². The van der Waals surface area contributed by atoms with E-state index in [9.17, 15) is 13.2 Å². The average molecular weight is 289 g/mol. The molecule has 0 spiro atoms. The second-order valence-electron chi connectivity index (χ2n) is 3.05. The van der Waals surface area contributed by atoms with Crippen molar-refractivity contribution in [2.24, 2.45) is 0 Å². The standard InChI is InChI=1S/C8H7NO5S.2C2H6/c1-4-6(15(11,12)13)3-2-5-7(4)14-8(10)9-5;2*1-2/h2-3H,1H3,(H,9,10)(H,11,12,13);2*1-2H3. The first-order chi connectivity index (χ1) is 8.89. The molecule has 7 heteroatoms. The van der Waals surface area contributed by atoms with E-state index >= 15 is 0 Å². The van der Waals surface area contributed by atoms with Crippen molar-refractivity contribution in [1.82, 2.24) is 4.98 Å². The van der Waals surface area contributed by atoms with Gasteiger partial charge in [0.05, 0.1) is 5.52 Å². The van der Waals surface area contributed by atoms with Crippen LogP contribution in [0.2, 0.25) is 0 Å². The Balaban J connectivity index is 0.000000741. The van der Waals surface area contributed by atoms with Crippen LogP contribution >= 0.6 is 0 Å². The van der Waals surface area contributed by atoms with E-state index in [1.807, 2.05) is 27.7 Å². The van der Waals surface area contributed by atoms with Crippen molar-refractivity contribution in [2.75, 3.05) is 0 Å². The molecule has 2 rings (SSSR count). The van der Waals surface area contributed by atoms with Crippen molar-refractivity contribution < 1.29 is 17.4 Å². The van der Waals surface area contributed by atoms with Gasteiger partial charge in [-0.2, -0.15) is 8.42 Å². The highest BCUT2D eigenvalue weighted by Gasteiger charge is 2.17. The third-order valence-electron chi connectivity index (χ3n) is 2.07. The summed E-state index contributed by atoms with van der Waals surface area (Å²) < 4.78 is 35.5. The van der Waals surface area contributed by atoms with Crippen molar-refractivity contribution in [1.29, 1.82) is 0 Å². The largest absolute Gasteiger partial charge is 0.417 e. The summed E-state index contributed by atoms with van der Waals surface area (Å²) in [5.74, 6) is -0.666. The number of benzene rings is 1. The van der Waals surface area contributed by atoms with E-state index in [2.05, 4.69) is 4.98 Å². The molecule has 0 aliphatic rings. The van der Waals surface area contributed by atoms with Crippen molar-refractivity contribution in [3.63, 3.8) is 0 Å². The maximum atomic E-state index is 10.9. The number of aromatic nitrogens is 1. The number of hydrogen-bond acceptors (Lipinski definition) is 4. The summed E-state index contributed by atoms with van der Waals surface area (Å²) in [6.45, 7) is 9.45. The summed E-state index contributed by atoms with van der Waals surface area (Å²) in [5.41, 5.74) is 0.730. The van der Waals surface area contributed by atoms with Crippen LogP contribution < -0.4 is 5.76 Å². The highest BCUT2D eigenvalue weighted by Crippen LogP contribution is 2.22. The van der Waals surface area contributed by atoms with Gasteiger partial charge in [0.2, 0.25) is 0 Å². The number of oxazole rings is 1. The number of hydrogen-bond donors (Lipinski definition) is 2. The second-order valence-corrected chi connectivity index (χ2v) is 4.44. The van der Waals surface area contributed by atoms with Crippen molar-refractivity contribution >= 4 is 21.2 Å². The highest BCUT2D eigenvalue weighted by atomic mass is 32.2. The Morgan fingerprint density at radius 1 is 1.16 bits per heavy atom. The van der Waals surface area contributed by atoms with Gasteiger partial charge in [0.15, 0.2) is 5.58 Å². The molecule has 2 N–H and O–H groups in total. The molecule has 0 bridgehead atoms. The SMILES string of the molecule is CC.CC.Cc1c(S(=O)(=O)O)ccc2[nH]c(=O)oc12. The minimum atomic E-state index is -4.29. The molecule has 0 aliphatic carbocycles. The maximum absolute atomic E-state index is 10.9. The Kier molecular flexibility index (Phi) is 6.51. The zero-order valence-corrected chi connectivity index (χ0v) is 12.5. The summed E-state index contributed by atoms with van der Waals surface area (Å²) >= 11 is 0. The van der Waals surface area contributed by atoms with Crippen LogP contribution in [0.25, 0.3) is 11.1 Å². The fraction of sp³-hybridized carbons (Fsp3) is 0.417. The Bertz CT molecular complexity index is 682. The van der Waals surface area contributed by atoms with Gasteiger partial charge in [0.25, 0.3) is 10.1 Å². The number of nitrogens with one attached hydrogen (secondary N) is 1. The molecule has 0 saturated heterocycles. The van der Waals surface area contributed by atoms with Gasteiger partial charge in [-0.1, -0.05) is 27.7 Å². The minimum Gasteiger partial charge on any atom is -0.408 e. The van der Waals surface area contributed by atoms with Gasteiger partial charge in [-0.3, -0.25) is 9.54 Å². The van der Waals surface area contributed by atoms with Gasteiger partial charge in [-0.15, -0.1) is 0 Å². The van der Waals surface area contributed by atoms with Crippen LogP contribution in [0.3, 0.4) is 0 Å². The van der Waals surface area contributed by atoms with Gasteiger partial charge in [-0.05, 0) is 19.1 Å². The van der Waals surface area contributed by atoms with E-state index in [1.54, 1.807) is 0 Å². The van der Waals surface area contributed by atoms with E-state index < -0.39 is 15.9 Å². The Morgan fingerprint density at radius 3 is 2.16 bits per heavy atom. The summed E-state index contributed by atoms with van der Waals surface area (Å²) in [6, 6.07) is 2.56. The third kappa shape index (κ3) is 3.93. The first-order valence-electron chi connectivity index (χ1n) is 5.99. The molecule has 0 fully saturated rings. The van der Waals surface area contributed by atoms with E-state index in [0.29, 0.717) is 5.52 Å². The predicted octanol–water partition coefficient (Wildman–Crippen LogP) is 2.73. The zero-order chi connectivity index (χ0) is 15.2. The first kappa shape index (κ1) is 17.4. The van der Waals surface area contributed by atoms with E-state index in [0.717, 1.165) is 0 Å². The molecule has 0 radical (unpaired) electrons. The normalized spacial score (nSPS) is 10.2. The first-order valence-corrected chi connectivity index (χ1v) is 7.43. The number of aryl methyl sites for hydroxylation is 1. The second kappa shape index (κ2) is 7.10. The van der Waals surface area contributed by atoms with Crippen LogP contribution in [0.15, 0.2) is 26.2 Å². The molecule has 1 aromatic carbocycles. The molecule has 0 atom stereocenters. The van der Waals surface area contributed by atoms with E-state index in [1.165, 1.54) is 19.1 Å². The van der Waals surface area contributed by atoms with E-state index in [4.69, 9.17) is 8.97 Å². The van der Waals surface area contributed by atoms with Gasteiger partial charge in [0.1, 0.15) is 4.90 Å². The predicted molar refractivity (Wildman–Crippen MR) is 74.1 cm³/mol. The number of aromatic amines is 1. The Hall–Kier alpha value is -1.60. The molecule has 1 heterocycles. The zero-order valence-electron chi connectivity index (χ0n) is 11.6. The van der Waals surface area contributed by atoms with Crippen LogP contribution in [0.1, 0.15) is 33.3 Å².